The van der Waals surface area contributed by atoms with Crippen molar-refractivity contribution >= 4 is 28.5 Å². The summed E-state index contributed by atoms with van der Waals surface area (Å²) in [5.41, 5.74) is 4.91. The molecule has 0 unspecified atom stereocenters. The van der Waals surface area contributed by atoms with E-state index in [-0.39, 0.29) is 12.1 Å². The molecule has 3 aromatic carbocycles. The van der Waals surface area contributed by atoms with Gasteiger partial charge in [0.1, 0.15) is 0 Å². The van der Waals surface area contributed by atoms with Gasteiger partial charge in [-0.15, -0.1) is 10.2 Å². The van der Waals surface area contributed by atoms with Crippen molar-refractivity contribution in [1.29, 1.82) is 0 Å². The lowest BCUT2D eigenvalue weighted by molar-refractivity contribution is 0.170. The number of nitrogens with one attached hydrogen (secondary N) is 1. The monoisotopic (exact) mass is 491 g/mol. The molecule has 2 amide bonds. The molecule has 1 saturated heterocycles. The van der Waals surface area contributed by atoms with Crippen LogP contribution < -0.4 is 10.2 Å². The van der Waals surface area contributed by atoms with Gasteiger partial charge in [-0.25, -0.2) is 14.2 Å². The van der Waals surface area contributed by atoms with Gasteiger partial charge in [0.2, 0.25) is 5.95 Å². The molecule has 37 heavy (non-hydrogen) atoms. The lowest BCUT2D eigenvalue weighted by Gasteiger charge is -2.40. The minimum absolute atomic E-state index is 0.00624. The Hall–Kier alpha value is -4.46. The highest BCUT2D eigenvalue weighted by Gasteiger charge is 2.30. The lowest BCUT2D eigenvalue weighted by atomic mass is 10.1. The summed E-state index contributed by atoms with van der Waals surface area (Å²) in [7, 11) is 0. The normalized spacial score (nSPS) is 15.9. The first-order chi connectivity index (χ1) is 18.1. The summed E-state index contributed by atoms with van der Waals surface area (Å²) in [5.74, 6) is 1.56. The number of aromatic nitrogens is 4. The quantitative estimate of drug-likeness (QED) is 0.395. The van der Waals surface area contributed by atoms with Gasteiger partial charge in [-0.3, -0.25) is 0 Å². The first kappa shape index (κ1) is 23.0. The molecule has 0 spiro atoms. The topological polar surface area (TPSA) is 78.7 Å². The van der Waals surface area contributed by atoms with Crippen LogP contribution in [-0.2, 0) is 6.54 Å². The Morgan fingerprint density at radius 3 is 2.59 bits per heavy atom. The first-order valence-electron chi connectivity index (χ1n) is 12.6. The summed E-state index contributed by atoms with van der Waals surface area (Å²) in [5, 5.41) is 13.2. The van der Waals surface area contributed by atoms with Crippen LogP contribution in [0.15, 0.2) is 78.9 Å². The molecule has 0 radical (unpaired) electrons. The van der Waals surface area contributed by atoms with Crippen LogP contribution in [0.4, 0.5) is 10.7 Å². The van der Waals surface area contributed by atoms with E-state index < -0.39 is 0 Å². The van der Waals surface area contributed by atoms with E-state index in [4.69, 9.17) is 4.98 Å². The average molecular weight is 492 g/mol. The van der Waals surface area contributed by atoms with Crippen LogP contribution >= 0.6 is 0 Å². The number of aryl methyl sites for hydroxylation is 1. The summed E-state index contributed by atoms with van der Waals surface area (Å²) < 4.78 is 2.06. The van der Waals surface area contributed by atoms with Crippen molar-refractivity contribution in [2.45, 2.75) is 26.4 Å². The fourth-order valence-electron chi connectivity index (χ4n) is 5.07. The van der Waals surface area contributed by atoms with Crippen LogP contribution in [0.3, 0.4) is 0 Å². The van der Waals surface area contributed by atoms with Crippen LogP contribution in [0, 0.1) is 6.92 Å². The third-order valence-electron chi connectivity index (χ3n) is 6.96. The summed E-state index contributed by atoms with van der Waals surface area (Å²) in [4.78, 5) is 22.2. The van der Waals surface area contributed by atoms with Gasteiger partial charge in [0.25, 0.3) is 0 Å². The van der Waals surface area contributed by atoms with Gasteiger partial charge in [-0.2, -0.15) is 0 Å². The zero-order valence-electron chi connectivity index (χ0n) is 21.0. The van der Waals surface area contributed by atoms with Crippen molar-refractivity contribution < 1.29 is 4.79 Å². The minimum Gasteiger partial charge on any atom is -0.338 e. The maximum absolute atomic E-state index is 13.0. The van der Waals surface area contributed by atoms with E-state index in [0.717, 1.165) is 45.0 Å². The molecule has 6 rings (SSSR count). The average Bonchev–Trinajstić information content (AvgIpc) is 3.37. The molecule has 1 aliphatic rings. The molecule has 3 heterocycles. The summed E-state index contributed by atoms with van der Waals surface area (Å²) in [6, 6.07) is 26.3. The second-order valence-corrected chi connectivity index (χ2v) is 9.61. The number of nitrogens with zero attached hydrogens (tertiary/aromatic N) is 6. The van der Waals surface area contributed by atoms with Gasteiger partial charge in [-0.05, 0) is 37.6 Å². The molecule has 2 aromatic heterocycles. The molecule has 1 atom stereocenters. The number of benzene rings is 3. The van der Waals surface area contributed by atoms with E-state index in [1.165, 1.54) is 0 Å². The highest BCUT2D eigenvalue weighted by molar-refractivity contribution is 5.93. The van der Waals surface area contributed by atoms with Crippen LogP contribution in [0.1, 0.15) is 18.1 Å². The second kappa shape index (κ2) is 9.54. The number of anilines is 1. The first-order valence-corrected chi connectivity index (χ1v) is 12.6. The SMILES string of the molecule is Cc1cccc(-c2nnc3c4ccccc4nc(N4CCN(C(=O)NCc5ccccc5)[C@H](C)C4)n23)c1. The van der Waals surface area contributed by atoms with Gasteiger partial charge in [0, 0.05) is 43.2 Å². The van der Waals surface area contributed by atoms with Crippen LogP contribution in [-0.4, -0.2) is 56.2 Å². The fourth-order valence-corrected chi connectivity index (χ4v) is 5.07. The van der Waals surface area contributed by atoms with Crippen LogP contribution in [0.25, 0.3) is 27.9 Å². The van der Waals surface area contributed by atoms with Crippen molar-refractivity contribution in [3.63, 3.8) is 0 Å². The number of hydrogen-bond acceptors (Lipinski definition) is 5. The van der Waals surface area contributed by atoms with Crippen molar-refractivity contribution in [1.82, 2.24) is 29.8 Å². The van der Waals surface area contributed by atoms with E-state index in [9.17, 15) is 4.79 Å². The highest BCUT2D eigenvalue weighted by atomic mass is 16.2. The van der Waals surface area contributed by atoms with Gasteiger partial charge in [0.05, 0.1) is 5.52 Å². The Labute approximate surface area is 215 Å². The minimum atomic E-state index is -0.0441. The molecule has 0 saturated carbocycles. The number of carbonyl (C=O) groups is 1. The Bertz CT molecular complexity index is 1580. The number of carbonyl (C=O) groups excluding carboxylic acids is 1. The van der Waals surface area contributed by atoms with Gasteiger partial charge < -0.3 is 15.1 Å². The number of para-hydroxylation sites is 1. The van der Waals surface area contributed by atoms with E-state index >= 15 is 0 Å². The molecule has 0 bridgehead atoms. The van der Waals surface area contributed by atoms with Crippen molar-refractivity contribution in [2.75, 3.05) is 24.5 Å². The zero-order valence-corrected chi connectivity index (χ0v) is 21.0. The third-order valence-corrected chi connectivity index (χ3v) is 6.96. The number of rotatable bonds is 4. The van der Waals surface area contributed by atoms with Gasteiger partial charge in [0.15, 0.2) is 11.5 Å². The summed E-state index contributed by atoms with van der Waals surface area (Å²) in [6.07, 6.45) is 0. The number of fused-ring (bicyclic) bond motifs is 3. The number of urea groups is 1. The predicted octanol–water partition coefficient (Wildman–Crippen LogP) is 4.67. The largest absolute Gasteiger partial charge is 0.338 e. The summed E-state index contributed by atoms with van der Waals surface area (Å²) in [6.45, 7) is 6.59. The van der Waals surface area contributed by atoms with Crippen molar-refractivity contribution in [2.24, 2.45) is 0 Å². The Morgan fingerprint density at radius 2 is 1.78 bits per heavy atom. The van der Waals surface area contributed by atoms with Crippen molar-refractivity contribution in [3.05, 3.63) is 90.0 Å². The molecular weight excluding hydrogens is 462 g/mol. The number of piperazine rings is 1. The molecule has 8 heteroatoms. The van der Waals surface area contributed by atoms with Crippen LogP contribution in [0.5, 0.6) is 0 Å². The fraction of sp³-hybridized carbons (Fsp3) is 0.241. The van der Waals surface area contributed by atoms with Gasteiger partial charge >= 0.3 is 6.03 Å². The lowest BCUT2D eigenvalue weighted by Crippen LogP contribution is -2.57. The molecular formula is C29H29N7O. The number of amides is 2. The highest BCUT2D eigenvalue weighted by Crippen LogP contribution is 2.29. The maximum Gasteiger partial charge on any atom is 0.318 e. The van der Waals surface area contributed by atoms with Gasteiger partial charge in [-0.1, -0.05) is 66.2 Å². The zero-order chi connectivity index (χ0) is 25.4. The smallest absolute Gasteiger partial charge is 0.318 e. The van der Waals surface area contributed by atoms with E-state index in [1.807, 2.05) is 65.6 Å². The molecule has 186 valence electrons. The third kappa shape index (κ3) is 4.35. The molecule has 5 aromatic rings. The van der Waals surface area contributed by atoms with Crippen LogP contribution in [0.2, 0.25) is 0 Å². The molecule has 1 fully saturated rings. The summed E-state index contributed by atoms with van der Waals surface area (Å²) >= 11 is 0. The van der Waals surface area contributed by atoms with E-state index in [0.29, 0.717) is 26.2 Å². The van der Waals surface area contributed by atoms with E-state index in [2.05, 4.69) is 56.9 Å². The van der Waals surface area contributed by atoms with E-state index in [1.54, 1.807) is 0 Å². The Morgan fingerprint density at radius 1 is 0.973 bits per heavy atom. The molecule has 0 aliphatic carbocycles. The second-order valence-electron chi connectivity index (χ2n) is 9.61. The van der Waals surface area contributed by atoms with Crippen molar-refractivity contribution in [3.8, 4) is 11.4 Å². The number of hydrogen-bond donors (Lipinski definition) is 1. The Kier molecular flexibility index (Phi) is 5.92. The predicted molar refractivity (Wildman–Crippen MR) is 146 cm³/mol. The Balaban J connectivity index is 1.32. The molecule has 8 nitrogen and oxygen atoms in total. The maximum atomic E-state index is 13.0. The standard InChI is InChI=1S/C29H29N7O/c1-20-9-8-12-23(17-20)26-32-33-27-24-13-6-7-14-25(24)31-28(36(26)27)34-15-16-35(21(2)19-34)29(37)30-18-22-10-4-3-5-11-22/h3-14,17,21H,15-16,18-19H2,1-2H3,(H,30,37)/t21-/m1/s1. The molecule has 1 aliphatic heterocycles. The molecule has 1 N–H and O–H groups in total.